The van der Waals surface area contributed by atoms with Crippen molar-refractivity contribution in [3.63, 3.8) is 0 Å². The number of halogens is 1. The van der Waals surface area contributed by atoms with Gasteiger partial charge in [0.1, 0.15) is 5.82 Å². The summed E-state index contributed by atoms with van der Waals surface area (Å²) in [6.45, 7) is 3.76. The molecule has 0 radical (unpaired) electrons. The van der Waals surface area contributed by atoms with Crippen LogP contribution in [-0.2, 0) is 16.6 Å². The quantitative estimate of drug-likeness (QED) is 0.639. The van der Waals surface area contributed by atoms with Crippen LogP contribution in [0.2, 0.25) is 0 Å². The van der Waals surface area contributed by atoms with Gasteiger partial charge in [-0.2, -0.15) is 0 Å². The van der Waals surface area contributed by atoms with Crippen molar-refractivity contribution in [1.82, 2.24) is 9.78 Å². The number of primary sulfonamides is 1. The Morgan fingerprint density at radius 3 is 2.32 bits per heavy atom. The summed E-state index contributed by atoms with van der Waals surface area (Å²) in [7, 11) is -3.74. The second kappa shape index (κ2) is 7.53. The van der Waals surface area contributed by atoms with E-state index in [1.165, 1.54) is 41.1 Å². The minimum atomic E-state index is -3.74. The van der Waals surface area contributed by atoms with Crippen LogP contribution in [0.25, 0.3) is 5.69 Å². The van der Waals surface area contributed by atoms with Gasteiger partial charge in [-0.25, -0.2) is 22.6 Å². The Labute approximate surface area is 161 Å². The maximum atomic E-state index is 13.1. The van der Waals surface area contributed by atoms with E-state index < -0.39 is 10.0 Å². The number of rotatable bonds is 5. The molecule has 3 rings (SSSR count). The van der Waals surface area contributed by atoms with Crippen LogP contribution in [0.5, 0.6) is 0 Å². The van der Waals surface area contributed by atoms with Gasteiger partial charge in [0.2, 0.25) is 10.0 Å². The maximum Gasteiger partial charge on any atom is 0.280 e. The van der Waals surface area contributed by atoms with Crippen LogP contribution < -0.4 is 10.7 Å². The van der Waals surface area contributed by atoms with Crippen LogP contribution in [0, 0.1) is 12.7 Å². The highest BCUT2D eigenvalue weighted by Crippen LogP contribution is 2.12. The average molecular weight is 402 g/mol. The first-order valence-corrected chi connectivity index (χ1v) is 9.92. The Morgan fingerprint density at radius 2 is 1.75 bits per heavy atom. The number of aryl methyl sites for hydroxylation is 1. The van der Waals surface area contributed by atoms with Gasteiger partial charge < -0.3 is 0 Å². The van der Waals surface area contributed by atoms with Gasteiger partial charge in [-0.05, 0) is 55.8 Å². The molecule has 2 aromatic carbocycles. The fourth-order valence-corrected chi connectivity index (χ4v) is 3.33. The molecule has 0 aliphatic rings. The number of nitrogens with one attached hydrogen (secondary N) is 1. The van der Waals surface area contributed by atoms with Gasteiger partial charge in [0, 0.05) is 11.4 Å². The van der Waals surface area contributed by atoms with Gasteiger partial charge in [-0.3, -0.25) is 14.9 Å². The molecule has 0 saturated carbocycles. The van der Waals surface area contributed by atoms with Crippen molar-refractivity contribution < 1.29 is 12.8 Å². The van der Waals surface area contributed by atoms with E-state index in [1.807, 2.05) is 0 Å². The van der Waals surface area contributed by atoms with Crippen LogP contribution >= 0.6 is 0 Å². The number of sulfonamides is 1. The van der Waals surface area contributed by atoms with Gasteiger partial charge in [0.25, 0.3) is 5.56 Å². The van der Waals surface area contributed by atoms with Crippen LogP contribution in [0.3, 0.4) is 0 Å². The molecule has 0 aliphatic carbocycles. The van der Waals surface area contributed by atoms with E-state index in [-0.39, 0.29) is 22.8 Å². The van der Waals surface area contributed by atoms with E-state index in [0.29, 0.717) is 22.7 Å². The zero-order valence-corrected chi connectivity index (χ0v) is 16.1. The summed E-state index contributed by atoms with van der Waals surface area (Å²) in [6.07, 6.45) is 0. The Kier molecular flexibility index (Phi) is 5.30. The van der Waals surface area contributed by atoms with E-state index >= 15 is 0 Å². The first-order chi connectivity index (χ1) is 13.2. The molecule has 3 N–H and O–H groups in total. The van der Waals surface area contributed by atoms with Crippen LogP contribution in [0.1, 0.15) is 23.7 Å². The SMILES string of the molecule is CC(=NCc1ccc(S(N)(=O)=O)cc1)c1c(C)[nH]n(-c2ccc(F)cc2)c1=O. The number of benzene rings is 2. The molecule has 9 heteroatoms. The van der Waals surface area contributed by atoms with Crippen molar-refractivity contribution in [2.75, 3.05) is 0 Å². The fourth-order valence-electron chi connectivity index (χ4n) is 2.82. The summed E-state index contributed by atoms with van der Waals surface area (Å²) in [5.41, 5.74) is 2.63. The molecule has 1 aromatic heterocycles. The van der Waals surface area contributed by atoms with Crippen molar-refractivity contribution >= 4 is 15.7 Å². The summed E-state index contributed by atoms with van der Waals surface area (Å²) in [5.74, 6) is -0.383. The van der Waals surface area contributed by atoms with E-state index in [9.17, 15) is 17.6 Å². The summed E-state index contributed by atoms with van der Waals surface area (Å²) < 4.78 is 37.0. The van der Waals surface area contributed by atoms with Gasteiger partial charge >= 0.3 is 0 Å². The normalized spacial score (nSPS) is 12.4. The van der Waals surface area contributed by atoms with Crippen LogP contribution in [-0.4, -0.2) is 23.9 Å². The summed E-state index contributed by atoms with van der Waals surface area (Å²) in [6, 6.07) is 11.7. The van der Waals surface area contributed by atoms with Gasteiger partial charge in [0.15, 0.2) is 0 Å². The van der Waals surface area contributed by atoms with Gasteiger partial charge in [-0.15, -0.1) is 0 Å². The number of aromatic amines is 1. The largest absolute Gasteiger partial charge is 0.295 e. The number of aromatic nitrogens is 2. The summed E-state index contributed by atoms with van der Waals surface area (Å²) in [5, 5.41) is 8.05. The molecular formula is C19H19FN4O3S. The van der Waals surface area contributed by atoms with E-state index in [4.69, 9.17) is 5.14 Å². The first-order valence-electron chi connectivity index (χ1n) is 8.37. The molecule has 0 atom stereocenters. The first kappa shape index (κ1) is 19.7. The van der Waals surface area contributed by atoms with Crippen molar-refractivity contribution in [3.8, 4) is 5.69 Å². The molecule has 3 aromatic rings. The lowest BCUT2D eigenvalue weighted by Gasteiger charge is -2.02. The highest BCUT2D eigenvalue weighted by molar-refractivity contribution is 7.89. The Bertz CT molecular complexity index is 1190. The van der Waals surface area contributed by atoms with E-state index in [1.54, 1.807) is 26.0 Å². The zero-order chi connectivity index (χ0) is 20.5. The lowest BCUT2D eigenvalue weighted by atomic mass is 10.1. The lowest BCUT2D eigenvalue weighted by molar-refractivity contribution is 0.597. The molecule has 0 aliphatic heterocycles. The molecule has 0 amide bonds. The smallest absolute Gasteiger partial charge is 0.280 e. The van der Waals surface area contributed by atoms with Gasteiger partial charge in [-0.1, -0.05) is 12.1 Å². The monoisotopic (exact) mass is 402 g/mol. The van der Waals surface area contributed by atoms with Crippen LogP contribution in [0.15, 0.2) is 63.2 Å². The Hall–Kier alpha value is -3.04. The third kappa shape index (κ3) is 4.10. The molecule has 0 fully saturated rings. The molecule has 0 saturated heterocycles. The topological polar surface area (TPSA) is 110 Å². The maximum absolute atomic E-state index is 13.1. The number of nitrogens with zero attached hydrogens (tertiary/aromatic N) is 2. The van der Waals surface area contributed by atoms with Crippen molar-refractivity contribution in [3.05, 3.63) is 81.5 Å². The van der Waals surface area contributed by atoms with Crippen molar-refractivity contribution in [2.24, 2.45) is 10.1 Å². The predicted octanol–water partition coefficient (Wildman–Crippen LogP) is 2.27. The molecule has 0 bridgehead atoms. The van der Waals surface area contributed by atoms with Gasteiger partial charge in [0.05, 0.1) is 22.7 Å². The zero-order valence-electron chi connectivity index (χ0n) is 15.3. The summed E-state index contributed by atoms with van der Waals surface area (Å²) >= 11 is 0. The molecule has 7 nitrogen and oxygen atoms in total. The van der Waals surface area contributed by atoms with E-state index in [2.05, 4.69) is 10.1 Å². The Morgan fingerprint density at radius 1 is 1.14 bits per heavy atom. The van der Waals surface area contributed by atoms with Crippen molar-refractivity contribution in [2.45, 2.75) is 25.3 Å². The predicted molar refractivity (Wildman–Crippen MR) is 105 cm³/mol. The lowest BCUT2D eigenvalue weighted by Crippen LogP contribution is -2.19. The number of H-pyrrole nitrogens is 1. The number of hydrogen-bond donors (Lipinski definition) is 2. The third-order valence-electron chi connectivity index (χ3n) is 4.27. The molecule has 0 unspecified atom stereocenters. The molecule has 28 heavy (non-hydrogen) atoms. The fraction of sp³-hybridized carbons (Fsp3) is 0.158. The standard InChI is InChI=1S/C19H19FN4O3S/c1-12(22-11-14-3-9-17(10-4-14)28(21,26)27)18-13(2)23-24(19(18)25)16-7-5-15(20)6-8-16/h3-10,23H,11H2,1-2H3,(H2,21,26,27). The minimum absolute atomic E-state index is 0.0283. The third-order valence-corrected chi connectivity index (χ3v) is 5.20. The molecular weight excluding hydrogens is 383 g/mol. The second-order valence-corrected chi connectivity index (χ2v) is 7.88. The molecule has 0 spiro atoms. The number of hydrogen-bond acceptors (Lipinski definition) is 4. The van der Waals surface area contributed by atoms with Crippen LogP contribution in [0.4, 0.5) is 4.39 Å². The number of nitrogens with two attached hydrogens (primary N) is 1. The van der Waals surface area contributed by atoms with E-state index in [0.717, 1.165) is 5.56 Å². The van der Waals surface area contributed by atoms with Crippen molar-refractivity contribution in [1.29, 1.82) is 0 Å². The highest BCUT2D eigenvalue weighted by atomic mass is 32.2. The average Bonchev–Trinajstić information content (AvgIpc) is 2.94. The second-order valence-electron chi connectivity index (χ2n) is 6.32. The summed E-state index contributed by atoms with van der Waals surface area (Å²) in [4.78, 5) is 17.2. The Balaban J connectivity index is 1.87. The minimum Gasteiger partial charge on any atom is -0.295 e. The number of aliphatic imine (C=N–C) groups is 1. The molecule has 1 heterocycles. The molecule has 146 valence electrons. The highest BCUT2D eigenvalue weighted by Gasteiger charge is 2.15.